The number of carboxylic acids is 8. The lowest BCUT2D eigenvalue weighted by atomic mass is 10.1. The zero-order valence-corrected chi connectivity index (χ0v) is 88.9. The van der Waals surface area contributed by atoms with Crippen LogP contribution < -0.4 is 0 Å². The summed E-state index contributed by atoms with van der Waals surface area (Å²) in [5.74, 6) is 3.11. The van der Waals surface area contributed by atoms with Crippen LogP contribution in [0.2, 0.25) is 0 Å². The Labute approximate surface area is 847 Å². The molecule has 0 atom stereocenters. The number of aromatic nitrogens is 8. The van der Waals surface area contributed by atoms with Crippen molar-refractivity contribution in [3.8, 4) is 0 Å². The van der Waals surface area contributed by atoms with E-state index in [0.717, 1.165) is 456 Å². The number of nitrogens with one attached hydrogen (secondary N) is 2. The Morgan fingerprint density at radius 2 is 0.272 bits per heavy atom. The molecule has 10 N–H and O–H groups in total. The number of H-pyrrole nitrogens is 2. The Bertz CT molecular complexity index is 3830. The number of thioether (sulfide) groups is 8. The van der Waals surface area contributed by atoms with Gasteiger partial charge >= 0.3 is 47.8 Å². The summed E-state index contributed by atoms with van der Waals surface area (Å²) in [4.78, 5) is 142. The molecule has 136 heavy (non-hydrogen) atoms. The SMILES string of the molecule is O=C(O)CCCCCCCCCCSC1=C(SCCCCCCCCCCC(=O)O)c2nc1nc1nc(nc3[nH]c(nc4[nH]c(n2)c(SCCCCCCCCCCC(=O)O)c4SCCCCCCCCCCC(=O)O)c(SCCCCCCCCCCC(=O)O)c3SCCCCCCCCCCC(=O)O)C(SCCCCCCCCCCC(=O)O)=C1SCCCCCCCCCCC(=O)O. The van der Waals surface area contributed by atoms with Gasteiger partial charge in [0.15, 0.2) is 23.3 Å². The molecule has 0 spiro atoms. The smallest absolute Gasteiger partial charge is 0.303 e. The van der Waals surface area contributed by atoms with Crippen LogP contribution in [-0.4, -0.2) is 175 Å². The number of rotatable bonds is 96. The lowest BCUT2D eigenvalue weighted by Crippen LogP contribution is -1.94. The second kappa shape index (κ2) is 81.3. The average Bonchev–Trinajstić information content (AvgIpc) is 1.61. The van der Waals surface area contributed by atoms with Crippen LogP contribution in [0.25, 0.3) is 42.2 Å². The quantitative estimate of drug-likeness (QED) is 0.0185. The minimum absolute atomic E-state index is 0.206. The van der Waals surface area contributed by atoms with Gasteiger partial charge in [0.2, 0.25) is 0 Å². The van der Waals surface area contributed by atoms with Crippen LogP contribution in [0.1, 0.15) is 486 Å². The molecule has 3 aromatic heterocycles. The van der Waals surface area contributed by atoms with Gasteiger partial charge in [0.25, 0.3) is 0 Å². The minimum atomic E-state index is -0.744. The molecule has 5 heterocycles. The highest BCUT2D eigenvalue weighted by Gasteiger charge is 2.31. The van der Waals surface area contributed by atoms with Gasteiger partial charge in [-0.25, -0.2) is 29.9 Å². The van der Waals surface area contributed by atoms with E-state index in [0.29, 0.717) is 86.0 Å². The van der Waals surface area contributed by atoms with E-state index in [9.17, 15) is 79.2 Å². The maximum Gasteiger partial charge on any atom is 0.303 e. The maximum atomic E-state index is 11.3. The summed E-state index contributed by atoms with van der Waals surface area (Å²) in [6, 6.07) is 0. The van der Waals surface area contributed by atoms with E-state index >= 15 is 0 Å². The lowest BCUT2D eigenvalue weighted by Gasteiger charge is -2.09. The molecule has 0 saturated heterocycles. The molecule has 0 aliphatic carbocycles. The third kappa shape index (κ3) is 60.3. The number of nitrogens with zero attached hydrogens (tertiary/aromatic N) is 6. The molecular weight excluding hydrogens is 1870 g/mol. The summed E-state index contributed by atoms with van der Waals surface area (Å²) in [7, 11) is 0. The normalized spacial score (nSPS) is 12.2. The zero-order chi connectivity index (χ0) is 97.7. The number of unbranched alkanes of at least 4 members (excludes halogenated alkanes) is 56. The topological polar surface area (TPSA) is 407 Å². The van der Waals surface area contributed by atoms with E-state index in [1.807, 2.05) is 94.1 Å². The largest absolute Gasteiger partial charge is 0.481 e. The molecule has 8 bridgehead atoms. The molecule has 2 aliphatic heterocycles. The Morgan fingerprint density at radius 1 is 0.154 bits per heavy atom. The van der Waals surface area contributed by atoms with Gasteiger partial charge in [-0.2, -0.15) is 0 Å². The van der Waals surface area contributed by atoms with E-state index in [2.05, 4.69) is 9.97 Å². The maximum absolute atomic E-state index is 11.3. The van der Waals surface area contributed by atoms with E-state index < -0.39 is 47.8 Å². The first-order chi connectivity index (χ1) is 66.3. The predicted octanol–water partition coefficient (Wildman–Crippen LogP) is 31.6. The van der Waals surface area contributed by atoms with Gasteiger partial charge in [0, 0.05) is 51.4 Å². The Kier molecular flexibility index (Phi) is 72.6. The molecule has 0 unspecified atom stereocenters. The van der Waals surface area contributed by atoms with Crippen LogP contribution in [0.5, 0.6) is 0 Å². The summed E-state index contributed by atoms with van der Waals surface area (Å²) >= 11 is 14.6. The number of carboxylic acid groups (broad SMARTS) is 8. The first-order valence-corrected chi connectivity index (χ1v) is 60.8. The zero-order valence-electron chi connectivity index (χ0n) is 82.4. The number of aromatic amines is 2. The lowest BCUT2D eigenvalue weighted by molar-refractivity contribution is -0.138. The molecule has 24 nitrogen and oxygen atoms in total. The van der Waals surface area contributed by atoms with Gasteiger partial charge in [0.05, 0.1) is 39.2 Å². The van der Waals surface area contributed by atoms with Crippen molar-refractivity contribution in [2.75, 3.05) is 46.0 Å². The van der Waals surface area contributed by atoms with Crippen LogP contribution in [0.15, 0.2) is 19.6 Å². The Morgan fingerprint density at radius 3 is 0.419 bits per heavy atom. The van der Waals surface area contributed by atoms with Crippen molar-refractivity contribution in [3.63, 3.8) is 0 Å². The van der Waals surface area contributed by atoms with Crippen LogP contribution in [0.4, 0.5) is 0 Å². The molecule has 0 saturated carbocycles. The van der Waals surface area contributed by atoms with E-state index in [-0.39, 0.29) is 51.4 Å². The third-order valence-corrected chi connectivity index (χ3v) is 34.4. The predicted molar refractivity (Wildman–Crippen MR) is 572 cm³/mol. The first kappa shape index (κ1) is 121. The summed E-state index contributed by atoms with van der Waals surface area (Å²) in [6.07, 6.45) is 64.9. The second-order valence-electron chi connectivity index (χ2n) is 36.8. The van der Waals surface area contributed by atoms with E-state index in [1.54, 1.807) is 0 Å². The van der Waals surface area contributed by atoms with Crippen LogP contribution >= 0.6 is 94.1 Å². The first-order valence-electron chi connectivity index (χ1n) is 52.9. The molecule has 3 aromatic rings. The molecule has 0 amide bonds. The summed E-state index contributed by atoms with van der Waals surface area (Å²) in [5.41, 5.74) is 2.85. The highest BCUT2D eigenvalue weighted by atomic mass is 32.2. The monoisotopic (exact) mass is 2040 g/mol. The summed E-state index contributed by atoms with van der Waals surface area (Å²) in [5, 5.41) is 74.4. The van der Waals surface area contributed by atoms with Crippen molar-refractivity contribution in [2.24, 2.45) is 0 Å². The Balaban J connectivity index is 1.84. The van der Waals surface area contributed by atoms with Crippen LogP contribution in [0.3, 0.4) is 0 Å². The van der Waals surface area contributed by atoms with Crippen molar-refractivity contribution in [1.82, 2.24) is 39.9 Å². The highest BCUT2D eigenvalue weighted by Crippen LogP contribution is 2.49. The summed E-state index contributed by atoms with van der Waals surface area (Å²) in [6.45, 7) is 0. The highest BCUT2D eigenvalue weighted by molar-refractivity contribution is 8.14. The molecule has 0 radical (unpaired) electrons. The van der Waals surface area contributed by atoms with Gasteiger partial charge in [-0.05, 0) is 149 Å². The van der Waals surface area contributed by atoms with Gasteiger partial charge < -0.3 is 50.8 Å². The van der Waals surface area contributed by atoms with Crippen molar-refractivity contribution < 1.29 is 79.2 Å². The van der Waals surface area contributed by atoms with Crippen LogP contribution in [-0.2, 0) is 38.4 Å². The van der Waals surface area contributed by atoms with Gasteiger partial charge in [0.1, 0.15) is 22.6 Å². The van der Waals surface area contributed by atoms with Crippen molar-refractivity contribution in [2.45, 2.75) is 482 Å². The molecule has 5 rings (SSSR count). The molecule has 0 fully saturated rings. The van der Waals surface area contributed by atoms with Crippen molar-refractivity contribution >= 4 is 184 Å². The molecule has 0 aromatic carbocycles. The molecule has 2 aliphatic rings. The number of hydrogen-bond donors (Lipinski definition) is 10. The van der Waals surface area contributed by atoms with E-state index in [4.69, 9.17) is 29.9 Å². The number of aliphatic carboxylic acids is 8. The summed E-state index contributed by atoms with van der Waals surface area (Å²) < 4.78 is 0. The standard InChI is InChI=1S/C104H170N8O16S8/c113-81(114)65-49-33-17-1-9-25-41-57-73-129-89-90(130-74-58-42-26-10-2-18-34-50-66-82(115)116)98-105-97(89)109-99-91(131-75-59-43-27-11-3-19-35-51-67-83(117)118)92(132-76-60-44-28-12-4-20-36-52-68-84(119)120)101(106-99)111-103-95(135-79-63-47-31-15-7-23-39-55-71-87(125)126)96(136-80-64-48-32-16-8-24-40-56-72-88(127)128)104(108-103)112-102-94(134-78-62-46-30-14-6-22-38-54-70-86(123)124)93(100(107-102)110-98)133-77-61-45-29-13-5-21-37-53-69-85(121)122/h1-80H2,(H,113,114)(H,115,116)(H,117,118)(H,119,120)(H,121,122)(H,123,124)(H,125,126)(H,127,128)(H2,105,106,107,108,109,110,111,112). The van der Waals surface area contributed by atoms with Gasteiger partial charge in [-0.15, -0.1) is 94.1 Å². The number of fused-ring (bicyclic) bond motifs is 8. The van der Waals surface area contributed by atoms with Crippen molar-refractivity contribution in [1.29, 1.82) is 0 Å². The third-order valence-electron chi connectivity index (χ3n) is 24.5. The fourth-order valence-electron chi connectivity index (χ4n) is 16.7. The number of carbonyl (C=O) groups is 8. The fraction of sp³-hybridized carbons (Fsp3) is 0.769. The van der Waals surface area contributed by atoms with Gasteiger partial charge in [-0.1, -0.05) is 308 Å². The van der Waals surface area contributed by atoms with Gasteiger partial charge in [-0.3, -0.25) is 38.4 Å². The average molecular weight is 2050 g/mol. The minimum Gasteiger partial charge on any atom is -0.481 e. The molecule has 32 heteroatoms. The van der Waals surface area contributed by atoms with E-state index in [1.165, 1.54) is 0 Å². The molecular formula is C104H170N8O16S8. The Hall–Kier alpha value is -5.12. The fourth-order valence-corrected chi connectivity index (χ4v) is 26.1. The van der Waals surface area contributed by atoms with Crippen LogP contribution in [0, 0.1) is 0 Å². The van der Waals surface area contributed by atoms with Crippen molar-refractivity contribution in [3.05, 3.63) is 23.3 Å². The second-order valence-corrected chi connectivity index (χ2v) is 45.6. The number of hydrogen-bond acceptors (Lipinski definition) is 22. The molecule has 770 valence electrons.